The number of hydrogen-bond acceptors (Lipinski definition) is 2. The summed E-state index contributed by atoms with van der Waals surface area (Å²) in [5.74, 6) is 0. The van der Waals surface area contributed by atoms with Gasteiger partial charge in [0.25, 0.3) is 0 Å². The molecule has 0 radical (unpaired) electrons. The van der Waals surface area contributed by atoms with Crippen molar-refractivity contribution in [2.45, 2.75) is 6.92 Å². The fraction of sp³-hybridized carbons (Fsp3) is 0.500. The zero-order chi connectivity index (χ0) is 7.40. The minimum Gasteiger partial charge on any atom is -0.388 e. The van der Waals surface area contributed by atoms with E-state index in [0.29, 0.717) is 0 Å². The van der Waals surface area contributed by atoms with Crippen LogP contribution < -0.4 is 5.32 Å². The summed E-state index contributed by atoms with van der Waals surface area (Å²) < 4.78 is 0. The van der Waals surface area contributed by atoms with Gasteiger partial charge in [0.1, 0.15) is 0 Å². The number of nitrogens with zero attached hydrogens (tertiary/aromatic N) is 1. The van der Waals surface area contributed by atoms with Crippen molar-refractivity contribution in [3.8, 4) is 0 Å². The van der Waals surface area contributed by atoms with Gasteiger partial charge < -0.3 is 10.2 Å². The molecule has 0 aromatic rings. The number of allylic oxidation sites excluding steroid dienone is 1. The molecule has 2 nitrogen and oxygen atoms in total. The summed E-state index contributed by atoms with van der Waals surface area (Å²) in [6.07, 6.45) is 6.39. The molecule has 0 amide bonds. The van der Waals surface area contributed by atoms with Gasteiger partial charge in [-0.25, -0.2) is 0 Å². The van der Waals surface area contributed by atoms with Crippen LogP contribution in [0.25, 0.3) is 0 Å². The molecule has 10 heavy (non-hydrogen) atoms. The quantitative estimate of drug-likeness (QED) is 0.611. The molecule has 0 unspecified atom stereocenters. The summed E-state index contributed by atoms with van der Waals surface area (Å²) in [7, 11) is 1.94. The van der Waals surface area contributed by atoms with Gasteiger partial charge >= 0.3 is 0 Å². The Balaban J connectivity index is 2.46. The Kier molecular flexibility index (Phi) is 2.37. The third-order valence-corrected chi connectivity index (χ3v) is 1.71. The smallest absolute Gasteiger partial charge is 0.0376 e. The molecule has 0 fully saturated rings. The van der Waals surface area contributed by atoms with Crippen LogP contribution in [-0.2, 0) is 0 Å². The second-order valence-corrected chi connectivity index (χ2v) is 2.31. The highest BCUT2D eigenvalue weighted by Gasteiger charge is 1.98. The average molecular weight is 138 g/mol. The average Bonchev–Trinajstić information content (AvgIpc) is 2.05. The molecule has 2 heteroatoms. The van der Waals surface area contributed by atoms with Crippen LogP contribution >= 0.6 is 0 Å². The highest BCUT2D eigenvalue weighted by molar-refractivity contribution is 5.20. The normalized spacial score (nSPS) is 17.0. The summed E-state index contributed by atoms with van der Waals surface area (Å²) in [5, 5.41) is 3.10. The van der Waals surface area contributed by atoms with Gasteiger partial charge in [0.2, 0.25) is 0 Å². The van der Waals surface area contributed by atoms with Crippen molar-refractivity contribution < 1.29 is 0 Å². The van der Waals surface area contributed by atoms with Gasteiger partial charge in [0.05, 0.1) is 0 Å². The molecule has 0 aliphatic carbocycles. The summed E-state index contributed by atoms with van der Waals surface area (Å²) in [5.41, 5.74) is 1.21. The summed E-state index contributed by atoms with van der Waals surface area (Å²) in [4.78, 5) is 2.25. The van der Waals surface area contributed by atoms with Crippen molar-refractivity contribution in [2.75, 3.05) is 20.1 Å². The Morgan fingerprint density at radius 1 is 1.70 bits per heavy atom. The molecule has 0 saturated heterocycles. The van der Waals surface area contributed by atoms with Crippen molar-refractivity contribution in [2.24, 2.45) is 0 Å². The number of nitrogens with one attached hydrogen (secondary N) is 1. The van der Waals surface area contributed by atoms with Crippen molar-refractivity contribution in [1.29, 1.82) is 0 Å². The first-order chi connectivity index (χ1) is 4.86. The molecule has 0 saturated carbocycles. The van der Waals surface area contributed by atoms with E-state index in [0.717, 1.165) is 13.1 Å². The SMILES string of the molecule is CCN1C=CC(NC)=CC1. The van der Waals surface area contributed by atoms with E-state index in [1.54, 1.807) is 0 Å². The van der Waals surface area contributed by atoms with E-state index >= 15 is 0 Å². The van der Waals surface area contributed by atoms with Crippen LogP contribution in [0, 0.1) is 0 Å². The van der Waals surface area contributed by atoms with Crippen LogP contribution in [0.4, 0.5) is 0 Å². The van der Waals surface area contributed by atoms with Crippen LogP contribution in [0.5, 0.6) is 0 Å². The highest BCUT2D eigenvalue weighted by atomic mass is 15.1. The van der Waals surface area contributed by atoms with E-state index in [1.807, 2.05) is 7.05 Å². The molecule has 1 heterocycles. The van der Waals surface area contributed by atoms with Gasteiger partial charge in [0, 0.05) is 32.0 Å². The van der Waals surface area contributed by atoms with Crippen LogP contribution in [0.1, 0.15) is 6.92 Å². The third kappa shape index (κ3) is 1.53. The van der Waals surface area contributed by atoms with Gasteiger partial charge in [-0.3, -0.25) is 0 Å². The molecular formula is C8H14N2. The predicted octanol–water partition coefficient (Wildman–Crippen LogP) is 0.939. The Bertz CT molecular complexity index is 159. The molecule has 1 aliphatic heterocycles. The zero-order valence-electron chi connectivity index (χ0n) is 6.59. The van der Waals surface area contributed by atoms with E-state index in [-0.39, 0.29) is 0 Å². The summed E-state index contributed by atoms with van der Waals surface area (Å²) >= 11 is 0. The molecule has 1 N–H and O–H groups in total. The number of likely N-dealkylation sites (N-methyl/N-ethyl adjacent to an activating group) is 2. The second-order valence-electron chi connectivity index (χ2n) is 2.31. The van der Waals surface area contributed by atoms with E-state index in [9.17, 15) is 0 Å². The molecule has 1 aliphatic rings. The molecule has 0 atom stereocenters. The number of rotatable bonds is 2. The van der Waals surface area contributed by atoms with Crippen molar-refractivity contribution in [3.63, 3.8) is 0 Å². The monoisotopic (exact) mass is 138 g/mol. The van der Waals surface area contributed by atoms with E-state index < -0.39 is 0 Å². The van der Waals surface area contributed by atoms with Gasteiger partial charge in [0.15, 0.2) is 0 Å². The van der Waals surface area contributed by atoms with Crippen LogP contribution in [0.2, 0.25) is 0 Å². The zero-order valence-corrected chi connectivity index (χ0v) is 6.59. The van der Waals surface area contributed by atoms with E-state index in [2.05, 4.69) is 35.5 Å². The largest absolute Gasteiger partial charge is 0.388 e. The lowest BCUT2D eigenvalue weighted by atomic mass is 10.3. The minimum atomic E-state index is 1.03. The van der Waals surface area contributed by atoms with E-state index in [1.165, 1.54) is 5.70 Å². The van der Waals surface area contributed by atoms with Gasteiger partial charge in [-0.2, -0.15) is 0 Å². The Hall–Kier alpha value is -0.920. The molecule has 0 aromatic heterocycles. The summed E-state index contributed by atoms with van der Waals surface area (Å²) in [6, 6.07) is 0. The van der Waals surface area contributed by atoms with Crippen molar-refractivity contribution >= 4 is 0 Å². The fourth-order valence-electron chi connectivity index (χ4n) is 0.950. The maximum atomic E-state index is 3.10. The first-order valence-corrected chi connectivity index (χ1v) is 3.67. The van der Waals surface area contributed by atoms with Gasteiger partial charge in [-0.05, 0) is 19.1 Å². The lowest BCUT2D eigenvalue weighted by Gasteiger charge is -2.20. The standard InChI is InChI=1S/C8H14N2/c1-3-10-6-4-8(9-2)5-7-10/h4-6,9H,3,7H2,1-2H3. The van der Waals surface area contributed by atoms with Crippen molar-refractivity contribution in [1.82, 2.24) is 10.2 Å². The van der Waals surface area contributed by atoms with Crippen LogP contribution in [0.15, 0.2) is 24.0 Å². The lowest BCUT2D eigenvalue weighted by Crippen LogP contribution is -2.21. The molecule has 0 spiro atoms. The summed E-state index contributed by atoms with van der Waals surface area (Å²) in [6.45, 7) is 4.27. The molecule has 0 bridgehead atoms. The maximum Gasteiger partial charge on any atom is 0.0376 e. The fourth-order valence-corrected chi connectivity index (χ4v) is 0.950. The van der Waals surface area contributed by atoms with Crippen molar-refractivity contribution in [3.05, 3.63) is 24.0 Å². The lowest BCUT2D eigenvalue weighted by molar-refractivity contribution is 0.432. The van der Waals surface area contributed by atoms with Gasteiger partial charge in [-0.1, -0.05) is 0 Å². The molecular weight excluding hydrogens is 124 g/mol. The second kappa shape index (κ2) is 3.30. The Morgan fingerprint density at radius 3 is 2.90 bits per heavy atom. The molecule has 56 valence electrons. The third-order valence-electron chi connectivity index (χ3n) is 1.71. The van der Waals surface area contributed by atoms with E-state index in [4.69, 9.17) is 0 Å². The van der Waals surface area contributed by atoms with Crippen LogP contribution in [-0.4, -0.2) is 25.0 Å². The first kappa shape index (κ1) is 7.19. The van der Waals surface area contributed by atoms with Crippen LogP contribution in [0.3, 0.4) is 0 Å². The Morgan fingerprint density at radius 2 is 2.50 bits per heavy atom. The topological polar surface area (TPSA) is 15.3 Å². The molecule has 1 rings (SSSR count). The van der Waals surface area contributed by atoms with Gasteiger partial charge in [-0.15, -0.1) is 0 Å². The Labute approximate surface area is 62.2 Å². The highest BCUT2D eigenvalue weighted by Crippen LogP contribution is 2.02. The predicted molar refractivity (Wildman–Crippen MR) is 43.5 cm³/mol. The first-order valence-electron chi connectivity index (χ1n) is 3.67. The molecule has 0 aromatic carbocycles. The maximum absolute atomic E-state index is 3.10. The number of hydrogen-bond donors (Lipinski definition) is 1. The minimum absolute atomic E-state index is 1.03.